The SMILES string of the molecule is CC[C@@H](CO)NC(=O)CN1CCNCC1. The van der Waals surface area contributed by atoms with Crippen LogP contribution in [-0.4, -0.2) is 61.3 Å². The fraction of sp³-hybridized carbons (Fsp3) is 0.900. The maximum atomic E-state index is 11.6. The molecular formula is C10H21N3O2. The largest absolute Gasteiger partial charge is 0.394 e. The minimum Gasteiger partial charge on any atom is -0.394 e. The molecule has 1 saturated heterocycles. The third-order valence-corrected chi connectivity index (χ3v) is 2.66. The summed E-state index contributed by atoms with van der Waals surface area (Å²) in [6, 6.07) is -0.0968. The van der Waals surface area contributed by atoms with Gasteiger partial charge in [-0.05, 0) is 6.42 Å². The van der Waals surface area contributed by atoms with Crippen LogP contribution in [0.4, 0.5) is 0 Å². The molecule has 0 bridgehead atoms. The quantitative estimate of drug-likeness (QED) is 0.538. The molecule has 88 valence electrons. The molecule has 3 N–H and O–H groups in total. The fourth-order valence-electron chi connectivity index (χ4n) is 1.62. The van der Waals surface area contributed by atoms with E-state index < -0.39 is 0 Å². The number of aliphatic hydroxyl groups is 1. The van der Waals surface area contributed by atoms with Crippen molar-refractivity contribution in [2.75, 3.05) is 39.3 Å². The van der Waals surface area contributed by atoms with Gasteiger partial charge in [-0.1, -0.05) is 6.92 Å². The molecular weight excluding hydrogens is 194 g/mol. The average molecular weight is 215 g/mol. The van der Waals surface area contributed by atoms with Crippen LogP contribution in [-0.2, 0) is 4.79 Å². The van der Waals surface area contributed by atoms with Gasteiger partial charge in [-0.2, -0.15) is 0 Å². The van der Waals surface area contributed by atoms with Crippen LogP contribution in [0.25, 0.3) is 0 Å². The number of hydrogen-bond donors (Lipinski definition) is 3. The number of carbonyl (C=O) groups is 1. The van der Waals surface area contributed by atoms with Gasteiger partial charge < -0.3 is 15.7 Å². The van der Waals surface area contributed by atoms with Crippen molar-refractivity contribution in [2.45, 2.75) is 19.4 Å². The van der Waals surface area contributed by atoms with E-state index in [1.807, 2.05) is 6.92 Å². The summed E-state index contributed by atoms with van der Waals surface area (Å²) in [5, 5.41) is 15.0. The molecule has 0 aliphatic carbocycles. The second-order valence-corrected chi connectivity index (χ2v) is 3.88. The molecule has 0 aromatic rings. The second-order valence-electron chi connectivity index (χ2n) is 3.88. The summed E-state index contributed by atoms with van der Waals surface area (Å²) in [6.07, 6.45) is 0.768. The van der Waals surface area contributed by atoms with E-state index in [0.29, 0.717) is 6.54 Å². The highest BCUT2D eigenvalue weighted by atomic mass is 16.3. The molecule has 0 aromatic heterocycles. The molecule has 1 heterocycles. The zero-order valence-electron chi connectivity index (χ0n) is 9.33. The molecule has 0 unspecified atom stereocenters. The van der Waals surface area contributed by atoms with E-state index in [0.717, 1.165) is 32.6 Å². The number of hydrogen-bond acceptors (Lipinski definition) is 4. The molecule has 15 heavy (non-hydrogen) atoms. The van der Waals surface area contributed by atoms with Crippen molar-refractivity contribution in [3.63, 3.8) is 0 Å². The van der Waals surface area contributed by atoms with Crippen LogP contribution < -0.4 is 10.6 Å². The summed E-state index contributed by atoms with van der Waals surface area (Å²) in [5.74, 6) is 0.0119. The van der Waals surface area contributed by atoms with E-state index in [1.54, 1.807) is 0 Å². The summed E-state index contributed by atoms with van der Waals surface area (Å²) in [4.78, 5) is 13.7. The molecule has 0 radical (unpaired) electrons. The van der Waals surface area contributed by atoms with E-state index >= 15 is 0 Å². The molecule has 1 fully saturated rings. The van der Waals surface area contributed by atoms with Crippen LogP contribution in [0, 0.1) is 0 Å². The summed E-state index contributed by atoms with van der Waals surface area (Å²) < 4.78 is 0. The van der Waals surface area contributed by atoms with E-state index in [1.165, 1.54) is 0 Å². The van der Waals surface area contributed by atoms with E-state index in [9.17, 15) is 4.79 Å². The number of nitrogens with one attached hydrogen (secondary N) is 2. The molecule has 0 spiro atoms. The maximum Gasteiger partial charge on any atom is 0.234 e. The summed E-state index contributed by atoms with van der Waals surface area (Å²) >= 11 is 0. The zero-order chi connectivity index (χ0) is 11.1. The standard InChI is InChI=1S/C10H21N3O2/c1-2-9(8-14)12-10(15)7-13-5-3-11-4-6-13/h9,11,14H,2-8H2,1H3,(H,12,15)/t9-/m0/s1. The lowest BCUT2D eigenvalue weighted by Gasteiger charge is -2.27. The van der Waals surface area contributed by atoms with Gasteiger partial charge >= 0.3 is 0 Å². The first kappa shape index (κ1) is 12.4. The number of rotatable bonds is 5. The molecule has 5 heteroatoms. The normalized spacial score (nSPS) is 19.9. The first-order chi connectivity index (χ1) is 7.26. The maximum absolute atomic E-state index is 11.6. The summed E-state index contributed by atoms with van der Waals surface area (Å²) in [7, 11) is 0. The van der Waals surface area contributed by atoms with Crippen molar-refractivity contribution < 1.29 is 9.90 Å². The molecule has 1 amide bonds. The van der Waals surface area contributed by atoms with Crippen molar-refractivity contribution in [3.8, 4) is 0 Å². The van der Waals surface area contributed by atoms with Gasteiger partial charge in [0, 0.05) is 26.2 Å². The minimum atomic E-state index is -0.0968. The average Bonchev–Trinajstić information content (AvgIpc) is 2.27. The topological polar surface area (TPSA) is 64.6 Å². The molecule has 0 saturated carbocycles. The Bertz CT molecular complexity index is 189. The highest BCUT2D eigenvalue weighted by Gasteiger charge is 2.15. The monoisotopic (exact) mass is 215 g/mol. The van der Waals surface area contributed by atoms with Crippen LogP contribution in [0.3, 0.4) is 0 Å². The third kappa shape index (κ3) is 4.59. The Morgan fingerprint density at radius 2 is 2.20 bits per heavy atom. The molecule has 5 nitrogen and oxygen atoms in total. The van der Waals surface area contributed by atoms with E-state index in [2.05, 4.69) is 15.5 Å². The smallest absolute Gasteiger partial charge is 0.234 e. The van der Waals surface area contributed by atoms with E-state index in [4.69, 9.17) is 5.11 Å². The Balaban J connectivity index is 2.21. The van der Waals surface area contributed by atoms with Gasteiger partial charge in [0.2, 0.25) is 5.91 Å². The lowest BCUT2D eigenvalue weighted by molar-refractivity contribution is -0.123. The van der Waals surface area contributed by atoms with E-state index in [-0.39, 0.29) is 18.6 Å². The number of carbonyl (C=O) groups excluding carboxylic acids is 1. The Labute approximate surface area is 90.8 Å². The van der Waals surface area contributed by atoms with Gasteiger partial charge in [0.25, 0.3) is 0 Å². The second kappa shape index (κ2) is 6.76. The minimum absolute atomic E-state index is 0.0119. The number of nitrogens with zero attached hydrogens (tertiary/aromatic N) is 1. The van der Waals surface area contributed by atoms with Crippen LogP contribution in [0.15, 0.2) is 0 Å². The summed E-state index contributed by atoms with van der Waals surface area (Å²) in [5.41, 5.74) is 0. The Morgan fingerprint density at radius 3 is 2.73 bits per heavy atom. The highest BCUT2D eigenvalue weighted by molar-refractivity contribution is 5.78. The molecule has 1 atom stereocenters. The van der Waals surface area contributed by atoms with Crippen LogP contribution in [0.1, 0.15) is 13.3 Å². The van der Waals surface area contributed by atoms with Crippen LogP contribution >= 0.6 is 0 Å². The number of amides is 1. The van der Waals surface area contributed by atoms with Crippen LogP contribution in [0.2, 0.25) is 0 Å². The van der Waals surface area contributed by atoms with Gasteiger partial charge in [-0.15, -0.1) is 0 Å². The number of aliphatic hydroxyl groups excluding tert-OH is 1. The molecule has 0 aromatic carbocycles. The Kier molecular flexibility index (Phi) is 5.60. The lowest BCUT2D eigenvalue weighted by Crippen LogP contribution is -2.49. The highest BCUT2D eigenvalue weighted by Crippen LogP contribution is 1.93. The fourth-order valence-corrected chi connectivity index (χ4v) is 1.62. The first-order valence-electron chi connectivity index (χ1n) is 5.59. The first-order valence-corrected chi connectivity index (χ1v) is 5.59. The van der Waals surface area contributed by atoms with Gasteiger partial charge in [0.15, 0.2) is 0 Å². The Hall–Kier alpha value is -0.650. The predicted octanol–water partition coefficient (Wildman–Crippen LogP) is -1.22. The molecule has 1 aliphatic heterocycles. The van der Waals surface area contributed by atoms with Crippen LogP contribution in [0.5, 0.6) is 0 Å². The predicted molar refractivity (Wildman–Crippen MR) is 58.6 cm³/mol. The lowest BCUT2D eigenvalue weighted by atomic mass is 10.2. The zero-order valence-corrected chi connectivity index (χ0v) is 9.33. The molecule has 1 aliphatic rings. The van der Waals surface area contributed by atoms with Crippen molar-refractivity contribution in [3.05, 3.63) is 0 Å². The van der Waals surface area contributed by atoms with Gasteiger partial charge in [-0.25, -0.2) is 0 Å². The third-order valence-electron chi connectivity index (χ3n) is 2.66. The van der Waals surface area contributed by atoms with Crippen molar-refractivity contribution in [1.82, 2.24) is 15.5 Å². The van der Waals surface area contributed by atoms with Crippen molar-refractivity contribution in [2.24, 2.45) is 0 Å². The van der Waals surface area contributed by atoms with Gasteiger partial charge in [0.05, 0.1) is 19.2 Å². The van der Waals surface area contributed by atoms with Gasteiger partial charge in [-0.3, -0.25) is 9.69 Å². The number of piperazine rings is 1. The summed E-state index contributed by atoms with van der Waals surface area (Å²) in [6.45, 7) is 6.15. The van der Waals surface area contributed by atoms with Gasteiger partial charge in [0.1, 0.15) is 0 Å². The van der Waals surface area contributed by atoms with Crippen molar-refractivity contribution in [1.29, 1.82) is 0 Å². The molecule has 1 rings (SSSR count). The van der Waals surface area contributed by atoms with Crippen molar-refractivity contribution >= 4 is 5.91 Å². The Morgan fingerprint density at radius 1 is 1.53 bits per heavy atom.